The summed E-state index contributed by atoms with van der Waals surface area (Å²) in [4.78, 5) is 0.169. The maximum atomic E-state index is 12.1. The van der Waals surface area contributed by atoms with Crippen LogP contribution in [0.3, 0.4) is 0 Å². The lowest BCUT2D eigenvalue weighted by Crippen LogP contribution is -2.12. The van der Waals surface area contributed by atoms with Gasteiger partial charge >= 0.3 is 0 Å². The number of hydrogen-bond donors (Lipinski definition) is 2. The van der Waals surface area contributed by atoms with Crippen molar-refractivity contribution in [3.8, 4) is 5.75 Å². The second-order valence-corrected chi connectivity index (χ2v) is 6.17. The highest BCUT2D eigenvalue weighted by Gasteiger charge is 2.14. The average molecular weight is 298 g/mol. The summed E-state index contributed by atoms with van der Waals surface area (Å²) in [5.41, 5.74) is 1.27. The summed E-state index contributed by atoms with van der Waals surface area (Å²) in [7, 11) is -3.65. The maximum absolute atomic E-state index is 12.1. The Kier molecular flexibility index (Phi) is 3.68. The molecule has 100 valence electrons. The van der Waals surface area contributed by atoms with Gasteiger partial charge in [0.15, 0.2) is 0 Å². The van der Waals surface area contributed by atoms with Gasteiger partial charge < -0.3 is 5.11 Å². The Morgan fingerprint density at radius 3 is 2.32 bits per heavy atom. The molecule has 0 aliphatic rings. The molecule has 0 spiro atoms. The summed E-state index contributed by atoms with van der Waals surface area (Å²) >= 11 is 5.72. The number of benzene rings is 2. The standard InChI is InChI=1S/C13H12ClNO3S/c1-9-2-5-11(6-3-9)19(17,18)15-10-4-7-13(16)12(14)8-10/h2-8,15-16H,1H3. The third-order valence-corrected chi connectivity index (χ3v) is 4.23. The van der Waals surface area contributed by atoms with E-state index in [9.17, 15) is 13.5 Å². The molecular weight excluding hydrogens is 286 g/mol. The predicted octanol–water partition coefficient (Wildman–Crippen LogP) is 3.15. The van der Waals surface area contributed by atoms with Crippen LogP contribution < -0.4 is 4.72 Å². The molecule has 0 aliphatic heterocycles. The highest BCUT2D eigenvalue weighted by Crippen LogP contribution is 2.27. The number of aromatic hydroxyl groups is 1. The molecule has 2 N–H and O–H groups in total. The maximum Gasteiger partial charge on any atom is 0.261 e. The molecule has 6 heteroatoms. The van der Waals surface area contributed by atoms with Crippen LogP contribution in [0.1, 0.15) is 5.56 Å². The van der Waals surface area contributed by atoms with E-state index in [0.717, 1.165) is 5.56 Å². The first kappa shape index (κ1) is 13.7. The molecule has 0 aromatic heterocycles. The topological polar surface area (TPSA) is 66.4 Å². The smallest absolute Gasteiger partial charge is 0.261 e. The Hall–Kier alpha value is -1.72. The van der Waals surface area contributed by atoms with Crippen molar-refractivity contribution in [2.24, 2.45) is 0 Å². The van der Waals surface area contributed by atoms with Crippen LogP contribution in [0, 0.1) is 6.92 Å². The molecule has 0 bridgehead atoms. The number of hydrogen-bond acceptors (Lipinski definition) is 3. The van der Waals surface area contributed by atoms with Gasteiger partial charge in [-0.15, -0.1) is 0 Å². The SMILES string of the molecule is Cc1ccc(S(=O)(=O)Nc2ccc(O)c(Cl)c2)cc1. The Bertz CT molecular complexity index is 696. The zero-order valence-electron chi connectivity index (χ0n) is 10.1. The van der Waals surface area contributed by atoms with Gasteiger partial charge in [-0.2, -0.15) is 0 Å². The fourth-order valence-electron chi connectivity index (χ4n) is 1.50. The number of phenolic OH excluding ortho intramolecular Hbond substituents is 1. The third-order valence-electron chi connectivity index (χ3n) is 2.53. The van der Waals surface area contributed by atoms with Gasteiger partial charge in [0.2, 0.25) is 0 Å². The number of nitrogens with one attached hydrogen (secondary N) is 1. The third kappa shape index (κ3) is 3.19. The van der Waals surface area contributed by atoms with Crippen LogP contribution in [0.4, 0.5) is 5.69 Å². The van der Waals surface area contributed by atoms with Gasteiger partial charge in [0, 0.05) is 0 Å². The Morgan fingerprint density at radius 1 is 1.11 bits per heavy atom. The molecule has 0 saturated carbocycles. The summed E-state index contributed by atoms with van der Waals surface area (Å²) in [6, 6.07) is 10.6. The van der Waals surface area contributed by atoms with E-state index in [1.807, 2.05) is 6.92 Å². The zero-order chi connectivity index (χ0) is 14.0. The van der Waals surface area contributed by atoms with Crippen molar-refractivity contribution in [3.05, 3.63) is 53.1 Å². The van der Waals surface area contributed by atoms with Gasteiger partial charge in [-0.05, 0) is 37.3 Å². The van der Waals surface area contributed by atoms with Gasteiger partial charge in [-0.1, -0.05) is 29.3 Å². The largest absolute Gasteiger partial charge is 0.506 e. The Morgan fingerprint density at radius 2 is 1.74 bits per heavy atom. The summed E-state index contributed by atoms with van der Waals surface area (Å²) < 4.78 is 26.6. The van der Waals surface area contributed by atoms with Crippen LogP contribution >= 0.6 is 11.6 Å². The molecule has 4 nitrogen and oxygen atoms in total. The first-order valence-corrected chi connectivity index (χ1v) is 7.32. The molecule has 2 rings (SSSR count). The second kappa shape index (κ2) is 5.11. The molecule has 2 aromatic carbocycles. The fraction of sp³-hybridized carbons (Fsp3) is 0.0769. The van der Waals surface area contributed by atoms with E-state index in [1.54, 1.807) is 12.1 Å². The van der Waals surface area contributed by atoms with Crippen LogP contribution in [-0.2, 0) is 10.0 Å². The molecule has 0 saturated heterocycles. The average Bonchev–Trinajstić information content (AvgIpc) is 2.34. The van der Waals surface area contributed by atoms with E-state index in [2.05, 4.69) is 4.72 Å². The van der Waals surface area contributed by atoms with Crippen LogP contribution in [0.2, 0.25) is 5.02 Å². The van der Waals surface area contributed by atoms with Gasteiger partial charge in [0.1, 0.15) is 5.75 Å². The Labute approximate surface area is 116 Å². The summed E-state index contributed by atoms with van der Waals surface area (Å²) in [5, 5.41) is 9.37. The lowest BCUT2D eigenvalue weighted by molar-refractivity contribution is 0.475. The minimum Gasteiger partial charge on any atom is -0.506 e. The summed E-state index contributed by atoms with van der Waals surface area (Å²) in [6.45, 7) is 1.88. The Balaban J connectivity index is 2.30. The number of anilines is 1. The van der Waals surface area contributed by atoms with Crippen molar-refractivity contribution >= 4 is 27.3 Å². The normalized spacial score (nSPS) is 11.3. The summed E-state index contributed by atoms with van der Waals surface area (Å²) in [6.07, 6.45) is 0. The highest BCUT2D eigenvalue weighted by atomic mass is 35.5. The fourth-order valence-corrected chi connectivity index (χ4v) is 2.73. The van der Waals surface area contributed by atoms with E-state index in [0.29, 0.717) is 5.69 Å². The van der Waals surface area contributed by atoms with Crippen molar-refractivity contribution < 1.29 is 13.5 Å². The van der Waals surface area contributed by atoms with Crippen LogP contribution in [-0.4, -0.2) is 13.5 Å². The van der Waals surface area contributed by atoms with E-state index < -0.39 is 10.0 Å². The molecule has 2 aromatic rings. The van der Waals surface area contributed by atoms with Crippen molar-refractivity contribution in [3.63, 3.8) is 0 Å². The number of rotatable bonds is 3. The first-order chi connectivity index (χ1) is 8.88. The molecule has 0 unspecified atom stereocenters. The number of sulfonamides is 1. The van der Waals surface area contributed by atoms with Crippen LogP contribution in [0.5, 0.6) is 5.75 Å². The monoisotopic (exact) mass is 297 g/mol. The molecule has 0 aliphatic carbocycles. The molecule has 0 heterocycles. The summed E-state index contributed by atoms with van der Waals surface area (Å²) in [5.74, 6) is -0.0973. The van der Waals surface area contributed by atoms with Crippen LogP contribution in [0.15, 0.2) is 47.4 Å². The predicted molar refractivity (Wildman–Crippen MR) is 75.1 cm³/mol. The second-order valence-electron chi connectivity index (χ2n) is 4.08. The molecule has 0 amide bonds. The molecule has 0 fully saturated rings. The van der Waals surface area contributed by atoms with E-state index in [4.69, 9.17) is 11.6 Å². The van der Waals surface area contributed by atoms with Gasteiger partial charge in [-0.25, -0.2) is 8.42 Å². The minimum atomic E-state index is -3.65. The van der Waals surface area contributed by atoms with Gasteiger partial charge in [0.05, 0.1) is 15.6 Å². The van der Waals surface area contributed by atoms with Gasteiger partial charge in [0.25, 0.3) is 10.0 Å². The lowest BCUT2D eigenvalue weighted by atomic mass is 10.2. The minimum absolute atomic E-state index is 0.0871. The zero-order valence-corrected chi connectivity index (χ0v) is 11.7. The molecular formula is C13H12ClNO3S. The van der Waals surface area contributed by atoms with Gasteiger partial charge in [-0.3, -0.25) is 4.72 Å². The lowest BCUT2D eigenvalue weighted by Gasteiger charge is -2.09. The number of phenols is 1. The van der Waals surface area contributed by atoms with Crippen molar-refractivity contribution in [2.45, 2.75) is 11.8 Å². The first-order valence-electron chi connectivity index (χ1n) is 5.46. The van der Waals surface area contributed by atoms with Crippen molar-refractivity contribution in [2.75, 3.05) is 4.72 Å². The highest BCUT2D eigenvalue weighted by molar-refractivity contribution is 7.92. The quantitative estimate of drug-likeness (QED) is 0.855. The van der Waals surface area contributed by atoms with Crippen molar-refractivity contribution in [1.29, 1.82) is 0 Å². The molecule has 19 heavy (non-hydrogen) atoms. The van der Waals surface area contributed by atoms with E-state index in [-0.39, 0.29) is 15.7 Å². The molecule has 0 radical (unpaired) electrons. The van der Waals surface area contributed by atoms with E-state index in [1.165, 1.54) is 30.3 Å². The van der Waals surface area contributed by atoms with Crippen molar-refractivity contribution in [1.82, 2.24) is 0 Å². The number of halogens is 1. The molecule has 0 atom stereocenters. The number of aryl methyl sites for hydroxylation is 1. The van der Waals surface area contributed by atoms with Crippen LogP contribution in [0.25, 0.3) is 0 Å². The van der Waals surface area contributed by atoms with E-state index >= 15 is 0 Å².